The molecule has 1 rings (SSSR count). The van der Waals surface area contributed by atoms with Crippen LogP contribution >= 0.6 is 11.6 Å². The minimum atomic E-state index is -0.438. The normalized spacial score (nSPS) is 12.9. The Hall–Kier alpha value is -0.640. The van der Waals surface area contributed by atoms with Gasteiger partial charge in [-0.25, -0.2) is 4.39 Å². The summed E-state index contributed by atoms with van der Waals surface area (Å²) in [6.45, 7) is 0.466. The van der Waals surface area contributed by atoms with Crippen LogP contribution in [0.1, 0.15) is 18.0 Å². The number of nitrogens with two attached hydrogens (primary N) is 2. The number of benzene rings is 1. The van der Waals surface area contributed by atoms with Crippen molar-refractivity contribution in [2.24, 2.45) is 11.5 Å². The molecule has 0 spiro atoms. The third kappa shape index (κ3) is 2.40. The summed E-state index contributed by atoms with van der Waals surface area (Å²) in [4.78, 5) is 0. The molecule has 0 bridgehead atoms. The van der Waals surface area contributed by atoms with Crippen LogP contribution in [0, 0.1) is 5.82 Å². The predicted octanol–water partition coefficient (Wildman–Crippen LogP) is 1.83. The van der Waals surface area contributed by atoms with Crippen molar-refractivity contribution < 1.29 is 4.39 Å². The van der Waals surface area contributed by atoms with Gasteiger partial charge in [-0.1, -0.05) is 23.7 Å². The minimum Gasteiger partial charge on any atom is -0.330 e. The summed E-state index contributed by atoms with van der Waals surface area (Å²) in [6.07, 6.45) is 0.600. The van der Waals surface area contributed by atoms with Crippen LogP contribution in [0.15, 0.2) is 18.2 Å². The lowest BCUT2D eigenvalue weighted by molar-refractivity contribution is 0.612. The van der Waals surface area contributed by atoms with E-state index in [1.165, 1.54) is 6.07 Å². The van der Waals surface area contributed by atoms with Crippen molar-refractivity contribution in [3.63, 3.8) is 0 Å². The van der Waals surface area contributed by atoms with Gasteiger partial charge >= 0.3 is 0 Å². The Kier molecular flexibility index (Phi) is 3.66. The van der Waals surface area contributed by atoms with Gasteiger partial charge in [-0.05, 0) is 24.6 Å². The van der Waals surface area contributed by atoms with E-state index in [2.05, 4.69) is 0 Å². The second-order valence-corrected chi connectivity index (χ2v) is 3.20. The molecule has 0 heterocycles. The lowest BCUT2D eigenvalue weighted by Gasteiger charge is -2.12. The van der Waals surface area contributed by atoms with Crippen LogP contribution in [0.5, 0.6) is 0 Å². The maximum absolute atomic E-state index is 13.0. The molecule has 0 aromatic heterocycles. The molecule has 0 fully saturated rings. The molecule has 13 heavy (non-hydrogen) atoms. The van der Waals surface area contributed by atoms with Gasteiger partial charge in [0, 0.05) is 6.04 Å². The highest BCUT2D eigenvalue weighted by Gasteiger charge is 2.11. The van der Waals surface area contributed by atoms with Crippen LogP contribution < -0.4 is 11.5 Å². The van der Waals surface area contributed by atoms with Gasteiger partial charge in [0.15, 0.2) is 0 Å². The van der Waals surface area contributed by atoms with Crippen molar-refractivity contribution >= 4 is 11.6 Å². The van der Waals surface area contributed by atoms with E-state index in [1.807, 2.05) is 0 Å². The van der Waals surface area contributed by atoms with Gasteiger partial charge in [0.05, 0.1) is 5.02 Å². The van der Waals surface area contributed by atoms with Crippen LogP contribution in [-0.4, -0.2) is 6.54 Å². The Morgan fingerprint density at radius 1 is 1.46 bits per heavy atom. The largest absolute Gasteiger partial charge is 0.330 e. The first-order valence-electron chi connectivity index (χ1n) is 4.06. The Morgan fingerprint density at radius 2 is 2.15 bits per heavy atom. The quantitative estimate of drug-likeness (QED) is 0.786. The molecule has 1 aromatic rings. The van der Waals surface area contributed by atoms with Crippen LogP contribution in [-0.2, 0) is 0 Å². The van der Waals surface area contributed by atoms with Gasteiger partial charge < -0.3 is 11.5 Å². The maximum atomic E-state index is 13.0. The average molecular weight is 203 g/mol. The summed E-state index contributed by atoms with van der Waals surface area (Å²) >= 11 is 5.73. The Balaban J connectivity index is 2.93. The lowest BCUT2D eigenvalue weighted by atomic mass is 10.0. The molecular formula is C9H12ClFN2. The molecule has 0 saturated carbocycles. The van der Waals surface area contributed by atoms with E-state index in [0.717, 1.165) is 0 Å². The van der Waals surface area contributed by atoms with Gasteiger partial charge in [-0.2, -0.15) is 0 Å². The summed E-state index contributed by atoms with van der Waals surface area (Å²) in [6, 6.07) is 4.33. The number of hydrogen-bond donors (Lipinski definition) is 2. The molecule has 0 radical (unpaired) electrons. The second kappa shape index (κ2) is 4.56. The summed E-state index contributed by atoms with van der Waals surface area (Å²) < 4.78 is 13.0. The lowest BCUT2D eigenvalue weighted by Crippen LogP contribution is -2.15. The van der Waals surface area contributed by atoms with Crippen molar-refractivity contribution in [1.29, 1.82) is 0 Å². The molecule has 0 aliphatic carbocycles. The molecule has 4 heteroatoms. The molecule has 1 aromatic carbocycles. The molecule has 0 aliphatic heterocycles. The van der Waals surface area contributed by atoms with Crippen LogP contribution in [0.25, 0.3) is 0 Å². The fourth-order valence-corrected chi connectivity index (χ4v) is 1.41. The second-order valence-electron chi connectivity index (χ2n) is 2.83. The van der Waals surface area contributed by atoms with E-state index in [1.54, 1.807) is 12.1 Å². The highest BCUT2D eigenvalue weighted by atomic mass is 35.5. The van der Waals surface area contributed by atoms with Crippen molar-refractivity contribution in [3.8, 4) is 0 Å². The topological polar surface area (TPSA) is 52.0 Å². The summed E-state index contributed by atoms with van der Waals surface area (Å²) in [5.74, 6) is -0.438. The molecule has 0 unspecified atom stereocenters. The van der Waals surface area contributed by atoms with Crippen LogP contribution in [0.2, 0.25) is 5.02 Å². The fraction of sp³-hybridized carbons (Fsp3) is 0.333. The zero-order chi connectivity index (χ0) is 9.84. The first-order valence-corrected chi connectivity index (χ1v) is 4.44. The van der Waals surface area contributed by atoms with Crippen LogP contribution in [0.3, 0.4) is 0 Å². The van der Waals surface area contributed by atoms with E-state index < -0.39 is 5.82 Å². The minimum absolute atomic E-state index is 0.100. The summed E-state index contributed by atoms with van der Waals surface area (Å²) in [7, 11) is 0. The van der Waals surface area contributed by atoms with Gasteiger partial charge in [0.1, 0.15) is 5.82 Å². The molecule has 0 saturated heterocycles. The summed E-state index contributed by atoms with van der Waals surface area (Å²) in [5.41, 5.74) is 11.7. The van der Waals surface area contributed by atoms with Gasteiger partial charge in [0.25, 0.3) is 0 Å². The summed E-state index contributed by atoms with van der Waals surface area (Å²) in [5, 5.41) is 0.100. The highest BCUT2D eigenvalue weighted by Crippen LogP contribution is 2.25. The van der Waals surface area contributed by atoms with E-state index in [0.29, 0.717) is 18.5 Å². The molecule has 1 atom stereocenters. The molecule has 4 N–H and O–H groups in total. The average Bonchev–Trinajstić information content (AvgIpc) is 2.10. The van der Waals surface area contributed by atoms with Gasteiger partial charge in [-0.3, -0.25) is 0 Å². The van der Waals surface area contributed by atoms with E-state index in [-0.39, 0.29) is 11.1 Å². The van der Waals surface area contributed by atoms with Crippen LogP contribution in [0.4, 0.5) is 4.39 Å². The van der Waals surface area contributed by atoms with Crippen molar-refractivity contribution in [3.05, 3.63) is 34.6 Å². The van der Waals surface area contributed by atoms with Crippen molar-refractivity contribution in [2.75, 3.05) is 6.54 Å². The Labute approximate surface area is 81.7 Å². The standard InChI is InChI=1S/C9H12ClFN2/c10-9-6(8(13)4-5-12)2-1-3-7(9)11/h1-3,8H,4-5,12-13H2/t8-/m1/s1. The van der Waals surface area contributed by atoms with E-state index in [9.17, 15) is 4.39 Å². The van der Waals surface area contributed by atoms with Crippen molar-refractivity contribution in [2.45, 2.75) is 12.5 Å². The molecule has 0 aliphatic rings. The van der Waals surface area contributed by atoms with E-state index in [4.69, 9.17) is 23.1 Å². The Morgan fingerprint density at radius 3 is 2.77 bits per heavy atom. The molecule has 72 valence electrons. The third-order valence-electron chi connectivity index (χ3n) is 1.86. The van der Waals surface area contributed by atoms with Gasteiger partial charge in [-0.15, -0.1) is 0 Å². The van der Waals surface area contributed by atoms with Crippen molar-refractivity contribution in [1.82, 2.24) is 0 Å². The maximum Gasteiger partial charge on any atom is 0.142 e. The first-order chi connectivity index (χ1) is 6.16. The predicted molar refractivity (Wildman–Crippen MR) is 52.0 cm³/mol. The SMILES string of the molecule is NCC[C@@H](N)c1cccc(F)c1Cl. The Bertz CT molecular complexity index is 291. The van der Waals surface area contributed by atoms with E-state index >= 15 is 0 Å². The molecule has 0 amide bonds. The molecule has 2 nitrogen and oxygen atoms in total. The number of rotatable bonds is 3. The third-order valence-corrected chi connectivity index (χ3v) is 2.26. The first kappa shape index (κ1) is 10.4. The monoisotopic (exact) mass is 202 g/mol. The fourth-order valence-electron chi connectivity index (χ4n) is 1.14. The number of hydrogen-bond acceptors (Lipinski definition) is 2. The van der Waals surface area contributed by atoms with Gasteiger partial charge in [0.2, 0.25) is 0 Å². The smallest absolute Gasteiger partial charge is 0.142 e. The number of halogens is 2. The highest BCUT2D eigenvalue weighted by molar-refractivity contribution is 6.31. The zero-order valence-electron chi connectivity index (χ0n) is 7.13. The molecular weight excluding hydrogens is 191 g/mol. The zero-order valence-corrected chi connectivity index (χ0v) is 7.89.